The number of fused-ring (bicyclic) bond motifs is 1. The molecule has 0 aliphatic carbocycles. The molecule has 1 aromatic heterocycles. The zero-order valence-electron chi connectivity index (χ0n) is 7.71. The summed E-state index contributed by atoms with van der Waals surface area (Å²) in [6, 6.07) is 1.36. The molecule has 0 radical (unpaired) electrons. The Morgan fingerprint density at radius 2 is 2.29 bits per heavy atom. The summed E-state index contributed by atoms with van der Waals surface area (Å²) >= 11 is 3.24. The van der Waals surface area contributed by atoms with Crippen molar-refractivity contribution in [1.82, 2.24) is 9.78 Å². The van der Waals surface area contributed by atoms with Crippen LogP contribution in [0.1, 0.15) is 0 Å². The molecule has 2 aromatic rings. The summed E-state index contributed by atoms with van der Waals surface area (Å²) in [4.78, 5) is 0. The Bertz CT molecular complexity index is 495. The van der Waals surface area contributed by atoms with E-state index in [1.54, 1.807) is 25.0 Å². The third-order valence-corrected chi connectivity index (χ3v) is 2.56. The minimum Gasteiger partial charge on any atom is -0.495 e. The number of benzene rings is 1. The summed E-state index contributed by atoms with van der Waals surface area (Å²) < 4.78 is 20.7. The number of hydrogen-bond acceptors (Lipinski definition) is 2. The van der Waals surface area contributed by atoms with Crippen LogP contribution < -0.4 is 4.74 Å². The highest BCUT2D eigenvalue weighted by Gasteiger charge is 2.13. The van der Waals surface area contributed by atoms with E-state index < -0.39 is 0 Å². The van der Waals surface area contributed by atoms with Crippen molar-refractivity contribution in [1.29, 1.82) is 0 Å². The van der Waals surface area contributed by atoms with E-state index in [4.69, 9.17) is 4.74 Å². The molecular weight excluding hydrogens is 251 g/mol. The number of halogens is 2. The van der Waals surface area contributed by atoms with Crippen LogP contribution in [0.2, 0.25) is 0 Å². The van der Waals surface area contributed by atoms with Crippen molar-refractivity contribution in [3.8, 4) is 5.75 Å². The quantitative estimate of drug-likeness (QED) is 0.786. The Labute approximate surface area is 88.6 Å². The topological polar surface area (TPSA) is 27.1 Å². The summed E-state index contributed by atoms with van der Waals surface area (Å²) in [6.45, 7) is 0. The van der Waals surface area contributed by atoms with Crippen molar-refractivity contribution in [2.24, 2.45) is 7.05 Å². The monoisotopic (exact) mass is 258 g/mol. The average molecular weight is 259 g/mol. The Kier molecular flexibility index (Phi) is 2.19. The van der Waals surface area contributed by atoms with Gasteiger partial charge >= 0.3 is 0 Å². The van der Waals surface area contributed by atoms with Gasteiger partial charge in [0.1, 0.15) is 11.3 Å². The Morgan fingerprint density at radius 1 is 1.57 bits per heavy atom. The molecule has 0 aliphatic rings. The first-order valence-electron chi connectivity index (χ1n) is 3.99. The van der Waals surface area contributed by atoms with E-state index in [0.29, 0.717) is 21.1 Å². The lowest BCUT2D eigenvalue weighted by molar-refractivity contribution is 0.416. The number of methoxy groups -OCH3 is 1. The standard InChI is InChI=1S/C9H8BrFN2O/c1-13-4-5-8(12-13)7(11)3-6(10)9(5)14-2/h3-4H,1-2H3. The zero-order valence-corrected chi connectivity index (χ0v) is 9.30. The summed E-state index contributed by atoms with van der Waals surface area (Å²) in [5.74, 6) is 0.253. The van der Waals surface area contributed by atoms with E-state index in [-0.39, 0.29) is 5.82 Å². The average Bonchev–Trinajstić information content (AvgIpc) is 2.48. The van der Waals surface area contributed by atoms with Crippen LogP contribution in [-0.4, -0.2) is 16.9 Å². The van der Waals surface area contributed by atoms with Gasteiger partial charge in [0.2, 0.25) is 0 Å². The molecule has 0 unspecified atom stereocenters. The Hall–Kier alpha value is -1.10. The third kappa shape index (κ3) is 1.28. The first-order valence-corrected chi connectivity index (χ1v) is 4.78. The molecule has 0 atom stereocenters. The molecule has 2 rings (SSSR count). The van der Waals surface area contributed by atoms with Gasteiger partial charge in [-0.25, -0.2) is 4.39 Å². The van der Waals surface area contributed by atoms with Crippen LogP contribution >= 0.6 is 15.9 Å². The van der Waals surface area contributed by atoms with E-state index >= 15 is 0 Å². The maximum Gasteiger partial charge on any atom is 0.152 e. The van der Waals surface area contributed by atoms with Gasteiger partial charge < -0.3 is 4.74 Å². The van der Waals surface area contributed by atoms with Crippen molar-refractivity contribution < 1.29 is 9.13 Å². The maximum absolute atomic E-state index is 13.4. The smallest absolute Gasteiger partial charge is 0.152 e. The van der Waals surface area contributed by atoms with Gasteiger partial charge in [0.15, 0.2) is 5.82 Å². The van der Waals surface area contributed by atoms with E-state index in [2.05, 4.69) is 21.0 Å². The van der Waals surface area contributed by atoms with Crippen LogP contribution in [0.15, 0.2) is 16.7 Å². The fourth-order valence-electron chi connectivity index (χ4n) is 1.41. The van der Waals surface area contributed by atoms with Crippen molar-refractivity contribution in [3.05, 3.63) is 22.6 Å². The molecule has 3 nitrogen and oxygen atoms in total. The van der Waals surface area contributed by atoms with Crippen molar-refractivity contribution >= 4 is 26.8 Å². The summed E-state index contributed by atoms with van der Waals surface area (Å²) in [7, 11) is 3.29. The van der Waals surface area contributed by atoms with Crippen molar-refractivity contribution in [2.45, 2.75) is 0 Å². The lowest BCUT2D eigenvalue weighted by atomic mass is 10.2. The van der Waals surface area contributed by atoms with Crippen LogP contribution in [-0.2, 0) is 7.05 Å². The van der Waals surface area contributed by atoms with Gasteiger partial charge in [0.05, 0.1) is 17.0 Å². The van der Waals surface area contributed by atoms with Crippen LogP contribution in [0, 0.1) is 5.82 Å². The fraction of sp³-hybridized carbons (Fsp3) is 0.222. The molecule has 0 bridgehead atoms. The molecule has 0 spiro atoms. The lowest BCUT2D eigenvalue weighted by Crippen LogP contribution is -1.88. The Morgan fingerprint density at radius 3 is 2.93 bits per heavy atom. The highest BCUT2D eigenvalue weighted by atomic mass is 79.9. The summed E-state index contributed by atoms with van der Waals surface area (Å²) in [6.07, 6.45) is 1.72. The van der Waals surface area contributed by atoms with Gasteiger partial charge in [-0.3, -0.25) is 4.68 Å². The van der Waals surface area contributed by atoms with Gasteiger partial charge in [0.25, 0.3) is 0 Å². The van der Waals surface area contributed by atoms with E-state index in [0.717, 1.165) is 0 Å². The molecule has 5 heteroatoms. The van der Waals surface area contributed by atoms with Gasteiger partial charge in [-0.05, 0) is 22.0 Å². The number of rotatable bonds is 1. The second-order valence-corrected chi connectivity index (χ2v) is 3.79. The van der Waals surface area contributed by atoms with Crippen LogP contribution in [0.4, 0.5) is 4.39 Å². The molecule has 0 N–H and O–H groups in total. The molecular formula is C9H8BrFN2O. The molecule has 14 heavy (non-hydrogen) atoms. The predicted octanol–water partition coefficient (Wildman–Crippen LogP) is 2.48. The number of aromatic nitrogens is 2. The van der Waals surface area contributed by atoms with E-state index in [1.165, 1.54) is 6.07 Å². The van der Waals surface area contributed by atoms with E-state index in [1.807, 2.05) is 0 Å². The largest absolute Gasteiger partial charge is 0.495 e. The zero-order chi connectivity index (χ0) is 10.3. The first kappa shape index (κ1) is 9.45. The molecule has 0 amide bonds. The minimum absolute atomic E-state index is 0.326. The lowest BCUT2D eigenvalue weighted by Gasteiger charge is -2.03. The number of aryl methyl sites for hydroxylation is 1. The molecule has 74 valence electrons. The van der Waals surface area contributed by atoms with Crippen molar-refractivity contribution in [2.75, 3.05) is 7.11 Å². The SMILES string of the molecule is COc1c(Br)cc(F)c2nn(C)cc12. The summed E-state index contributed by atoms with van der Waals surface area (Å²) in [5, 5.41) is 4.67. The molecule has 0 saturated carbocycles. The number of hydrogen-bond donors (Lipinski definition) is 0. The predicted molar refractivity (Wildman–Crippen MR) is 54.9 cm³/mol. The van der Waals surface area contributed by atoms with Crippen LogP contribution in [0.25, 0.3) is 10.9 Å². The molecule has 0 fully saturated rings. The van der Waals surface area contributed by atoms with Crippen LogP contribution in [0.3, 0.4) is 0 Å². The van der Waals surface area contributed by atoms with Gasteiger partial charge in [-0.2, -0.15) is 5.10 Å². The van der Waals surface area contributed by atoms with Gasteiger partial charge in [0, 0.05) is 13.2 Å². The minimum atomic E-state index is -0.353. The number of ether oxygens (including phenoxy) is 1. The summed E-state index contributed by atoms with van der Waals surface area (Å²) in [5.41, 5.74) is 0.326. The molecule has 1 heterocycles. The molecule has 1 aromatic carbocycles. The van der Waals surface area contributed by atoms with Crippen LogP contribution in [0.5, 0.6) is 5.75 Å². The maximum atomic E-state index is 13.4. The highest BCUT2D eigenvalue weighted by molar-refractivity contribution is 9.10. The third-order valence-electron chi connectivity index (χ3n) is 1.97. The highest BCUT2D eigenvalue weighted by Crippen LogP contribution is 2.34. The normalized spacial score (nSPS) is 10.9. The first-order chi connectivity index (χ1) is 6.63. The van der Waals surface area contributed by atoms with Gasteiger partial charge in [-0.15, -0.1) is 0 Å². The van der Waals surface area contributed by atoms with Gasteiger partial charge in [-0.1, -0.05) is 0 Å². The van der Waals surface area contributed by atoms with E-state index in [9.17, 15) is 4.39 Å². The second kappa shape index (κ2) is 3.24. The Balaban J connectivity index is 2.89. The fourth-order valence-corrected chi connectivity index (χ4v) is 1.99. The molecule has 0 aliphatic heterocycles. The number of nitrogens with zero attached hydrogens (tertiary/aromatic N) is 2. The molecule has 0 saturated heterocycles. The second-order valence-electron chi connectivity index (χ2n) is 2.94. The van der Waals surface area contributed by atoms with Crippen molar-refractivity contribution in [3.63, 3.8) is 0 Å².